The average molecular weight is 297 g/mol. The van der Waals surface area contributed by atoms with Crippen LogP contribution in [-0.2, 0) is 4.74 Å². The maximum Gasteiger partial charge on any atom is 0.332 e. The molecule has 0 saturated carbocycles. The van der Waals surface area contributed by atoms with Crippen LogP contribution in [0.3, 0.4) is 0 Å². The minimum atomic E-state index is -0.472. The van der Waals surface area contributed by atoms with Gasteiger partial charge in [-0.05, 0) is 13.8 Å². The minimum absolute atomic E-state index is 0.0782. The van der Waals surface area contributed by atoms with Crippen molar-refractivity contribution in [3.05, 3.63) is 15.8 Å². The Balaban J connectivity index is 2.49. The van der Waals surface area contributed by atoms with Gasteiger partial charge in [-0.15, -0.1) is 0 Å². The van der Waals surface area contributed by atoms with Gasteiger partial charge < -0.3 is 20.1 Å². The molecule has 9 heteroatoms. The van der Waals surface area contributed by atoms with Crippen molar-refractivity contribution in [2.75, 3.05) is 37.0 Å². The fraction of sp³-hybridized carbons (Fsp3) is 0.667. The van der Waals surface area contributed by atoms with E-state index < -0.39 is 4.92 Å². The number of morpholine rings is 1. The summed E-state index contributed by atoms with van der Waals surface area (Å²) >= 11 is 0. The number of aromatic nitrogens is 2. The van der Waals surface area contributed by atoms with E-state index >= 15 is 0 Å². The maximum absolute atomic E-state index is 11.3. The second kappa shape index (κ2) is 6.19. The molecule has 1 fully saturated rings. The lowest BCUT2D eigenvalue weighted by molar-refractivity contribution is -0.385. The van der Waals surface area contributed by atoms with Crippen LogP contribution in [0.4, 0.5) is 17.5 Å². The third-order valence-electron chi connectivity index (χ3n) is 3.43. The second-order valence-electron chi connectivity index (χ2n) is 4.95. The van der Waals surface area contributed by atoms with Crippen LogP contribution < -0.4 is 10.2 Å². The Morgan fingerprint density at radius 1 is 1.57 bits per heavy atom. The van der Waals surface area contributed by atoms with Gasteiger partial charge in [0.25, 0.3) is 0 Å². The number of hydrogen-bond donors (Lipinski definition) is 2. The van der Waals surface area contributed by atoms with Crippen LogP contribution in [0.1, 0.15) is 12.6 Å². The molecule has 0 radical (unpaired) electrons. The van der Waals surface area contributed by atoms with Crippen molar-refractivity contribution < 1.29 is 14.8 Å². The van der Waals surface area contributed by atoms with Crippen molar-refractivity contribution in [1.82, 2.24) is 9.97 Å². The summed E-state index contributed by atoms with van der Waals surface area (Å²) < 4.78 is 5.46. The number of rotatable bonds is 4. The Morgan fingerprint density at radius 2 is 2.29 bits per heavy atom. The maximum atomic E-state index is 11.3. The highest BCUT2D eigenvalue weighted by atomic mass is 16.6. The highest BCUT2D eigenvalue weighted by Crippen LogP contribution is 2.32. The van der Waals surface area contributed by atoms with Gasteiger partial charge in [0.05, 0.1) is 30.3 Å². The van der Waals surface area contributed by atoms with Crippen molar-refractivity contribution >= 4 is 17.5 Å². The molecule has 0 aliphatic carbocycles. The Bertz CT molecular complexity index is 539. The van der Waals surface area contributed by atoms with Gasteiger partial charge in [-0.2, -0.15) is 4.98 Å². The molecule has 2 rings (SSSR count). The molecule has 2 unspecified atom stereocenters. The number of anilines is 2. The number of nitrogens with one attached hydrogen (secondary N) is 1. The first kappa shape index (κ1) is 15.4. The van der Waals surface area contributed by atoms with Gasteiger partial charge in [0, 0.05) is 13.6 Å². The van der Waals surface area contributed by atoms with Gasteiger partial charge in [-0.1, -0.05) is 0 Å². The number of aliphatic hydroxyl groups is 1. The summed E-state index contributed by atoms with van der Waals surface area (Å²) in [5.74, 6) is 0.582. The second-order valence-corrected chi connectivity index (χ2v) is 4.95. The first-order chi connectivity index (χ1) is 9.97. The van der Waals surface area contributed by atoms with Gasteiger partial charge in [0.15, 0.2) is 0 Å². The molecule has 1 aliphatic rings. The van der Waals surface area contributed by atoms with Crippen molar-refractivity contribution in [2.45, 2.75) is 26.0 Å². The van der Waals surface area contributed by atoms with Gasteiger partial charge in [0.1, 0.15) is 5.69 Å². The largest absolute Gasteiger partial charge is 0.394 e. The van der Waals surface area contributed by atoms with Gasteiger partial charge in [-0.3, -0.25) is 10.1 Å². The molecule has 0 amide bonds. The summed E-state index contributed by atoms with van der Waals surface area (Å²) in [5, 5.41) is 23.4. The zero-order valence-corrected chi connectivity index (χ0v) is 12.2. The standard InChI is InChI=1S/C12H19N5O4/c1-7-6-21-9(5-18)4-16(7)11-10(17(19)20)8(2)14-12(13-3)15-11/h7,9,18H,4-6H2,1-3H3,(H,13,14,15). The molecular weight excluding hydrogens is 278 g/mol. The van der Waals surface area contributed by atoms with Gasteiger partial charge in [0.2, 0.25) is 11.8 Å². The molecule has 1 aliphatic heterocycles. The number of aryl methyl sites for hydroxylation is 1. The topological polar surface area (TPSA) is 114 Å². The monoisotopic (exact) mass is 297 g/mol. The number of aliphatic hydroxyl groups excluding tert-OH is 1. The van der Waals surface area contributed by atoms with Crippen LogP contribution in [0.5, 0.6) is 0 Å². The molecule has 0 bridgehead atoms. The Kier molecular flexibility index (Phi) is 4.53. The Hall–Kier alpha value is -2.00. The van der Waals surface area contributed by atoms with Gasteiger partial charge in [-0.25, -0.2) is 4.98 Å². The smallest absolute Gasteiger partial charge is 0.332 e. The van der Waals surface area contributed by atoms with Crippen molar-refractivity contribution in [3.8, 4) is 0 Å². The number of nitro groups is 1. The highest BCUT2D eigenvalue weighted by molar-refractivity contribution is 5.63. The predicted octanol–water partition coefficient (Wildman–Crippen LogP) is 0.321. The molecule has 2 N–H and O–H groups in total. The summed E-state index contributed by atoms with van der Waals surface area (Å²) in [6, 6.07) is -0.0782. The molecule has 2 heterocycles. The molecule has 116 valence electrons. The summed E-state index contributed by atoms with van der Waals surface area (Å²) in [6.07, 6.45) is -0.380. The van der Waals surface area contributed by atoms with E-state index in [1.165, 1.54) is 0 Å². The van der Waals surface area contributed by atoms with E-state index in [-0.39, 0.29) is 30.3 Å². The Morgan fingerprint density at radius 3 is 2.86 bits per heavy atom. The Labute approximate surface area is 122 Å². The number of nitrogens with zero attached hydrogens (tertiary/aromatic N) is 4. The third kappa shape index (κ3) is 3.03. The van der Waals surface area contributed by atoms with Crippen LogP contribution in [0.15, 0.2) is 0 Å². The normalized spacial score (nSPS) is 22.2. The molecule has 0 aromatic carbocycles. The summed E-state index contributed by atoms with van der Waals surface area (Å²) in [7, 11) is 1.66. The minimum Gasteiger partial charge on any atom is -0.394 e. The van der Waals surface area contributed by atoms with E-state index in [1.807, 2.05) is 6.92 Å². The predicted molar refractivity (Wildman–Crippen MR) is 76.6 cm³/mol. The zero-order valence-electron chi connectivity index (χ0n) is 12.2. The van der Waals surface area contributed by atoms with Crippen molar-refractivity contribution in [3.63, 3.8) is 0 Å². The SMILES string of the molecule is CNc1nc(C)c([N+](=O)[O-])c(N2CC(CO)OCC2C)n1. The van der Waals surface area contributed by atoms with E-state index in [0.29, 0.717) is 24.8 Å². The first-order valence-electron chi connectivity index (χ1n) is 6.67. The molecule has 21 heavy (non-hydrogen) atoms. The third-order valence-corrected chi connectivity index (χ3v) is 3.43. The molecule has 9 nitrogen and oxygen atoms in total. The van der Waals surface area contributed by atoms with Crippen molar-refractivity contribution in [1.29, 1.82) is 0 Å². The van der Waals surface area contributed by atoms with Crippen molar-refractivity contribution in [2.24, 2.45) is 0 Å². The lowest BCUT2D eigenvalue weighted by Crippen LogP contribution is -2.50. The number of hydrogen-bond acceptors (Lipinski definition) is 8. The average Bonchev–Trinajstić information content (AvgIpc) is 2.46. The lowest BCUT2D eigenvalue weighted by atomic mass is 10.2. The molecule has 0 spiro atoms. The van der Waals surface area contributed by atoms with Crippen LogP contribution in [0.2, 0.25) is 0 Å². The van der Waals surface area contributed by atoms with E-state index in [1.54, 1.807) is 18.9 Å². The van der Waals surface area contributed by atoms with Crippen LogP contribution in [0, 0.1) is 17.0 Å². The first-order valence-corrected chi connectivity index (χ1v) is 6.67. The van der Waals surface area contributed by atoms with E-state index in [0.717, 1.165) is 0 Å². The number of ether oxygens (including phenoxy) is 1. The fourth-order valence-corrected chi connectivity index (χ4v) is 2.30. The molecule has 1 aromatic rings. The fourth-order valence-electron chi connectivity index (χ4n) is 2.30. The molecule has 1 saturated heterocycles. The van der Waals surface area contributed by atoms with Crippen LogP contribution >= 0.6 is 0 Å². The van der Waals surface area contributed by atoms with Crippen LogP contribution in [-0.4, -0.2) is 58.9 Å². The highest BCUT2D eigenvalue weighted by Gasteiger charge is 2.33. The summed E-state index contributed by atoms with van der Waals surface area (Å²) in [6.45, 7) is 4.06. The molecule has 1 aromatic heterocycles. The lowest BCUT2D eigenvalue weighted by Gasteiger charge is -2.37. The molecular formula is C12H19N5O4. The quantitative estimate of drug-likeness (QED) is 0.603. The summed E-state index contributed by atoms with van der Waals surface area (Å²) in [4.78, 5) is 21.0. The van der Waals surface area contributed by atoms with E-state index in [2.05, 4.69) is 15.3 Å². The van der Waals surface area contributed by atoms with E-state index in [4.69, 9.17) is 4.74 Å². The molecule has 2 atom stereocenters. The summed E-state index contributed by atoms with van der Waals surface area (Å²) in [5.41, 5.74) is 0.188. The van der Waals surface area contributed by atoms with E-state index in [9.17, 15) is 15.2 Å². The van der Waals surface area contributed by atoms with Gasteiger partial charge >= 0.3 is 5.69 Å². The van der Waals surface area contributed by atoms with Crippen LogP contribution in [0.25, 0.3) is 0 Å². The zero-order chi connectivity index (χ0) is 15.6.